The lowest BCUT2D eigenvalue weighted by Crippen LogP contribution is -2.02. The molecule has 0 aliphatic rings. The summed E-state index contributed by atoms with van der Waals surface area (Å²) in [5, 5.41) is 0. The second-order valence-electron chi connectivity index (χ2n) is 4.85. The zero-order valence-electron chi connectivity index (χ0n) is 11.0. The highest BCUT2D eigenvalue weighted by Gasteiger charge is 2.05. The fraction of sp³-hybridized carbons (Fsp3) is 0.188. The number of aryl methyl sites for hydroxylation is 1. The molecule has 3 N–H and O–H groups in total. The molecule has 0 bridgehead atoms. The van der Waals surface area contributed by atoms with E-state index in [0.717, 1.165) is 28.8 Å². The molecule has 0 fully saturated rings. The highest BCUT2D eigenvalue weighted by atomic mass is 14.9. The molecule has 0 aliphatic heterocycles. The van der Waals surface area contributed by atoms with Gasteiger partial charge in [0.2, 0.25) is 0 Å². The largest absolute Gasteiger partial charge is 0.338 e. The normalized spacial score (nSPS) is 11.1. The molecule has 3 heteroatoms. The number of nitrogens with zero attached hydrogens (tertiary/aromatic N) is 1. The van der Waals surface area contributed by atoms with E-state index in [9.17, 15) is 0 Å². The summed E-state index contributed by atoms with van der Waals surface area (Å²) in [4.78, 5) is 8.02. The van der Waals surface area contributed by atoms with Crippen molar-refractivity contribution in [1.82, 2.24) is 9.97 Å². The lowest BCUT2D eigenvalue weighted by Gasteiger charge is -2.01. The molecule has 0 atom stereocenters. The molecule has 0 amide bonds. The van der Waals surface area contributed by atoms with E-state index >= 15 is 0 Å². The first-order chi connectivity index (χ1) is 9.26. The average Bonchev–Trinajstić information content (AvgIpc) is 2.82. The third-order valence-electron chi connectivity index (χ3n) is 3.27. The molecule has 0 spiro atoms. The van der Waals surface area contributed by atoms with Crippen LogP contribution >= 0.6 is 0 Å². The number of benzene rings is 2. The van der Waals surface area contributed by atoms with Gasteiger partial charge in [0.1, 0.15) is 5.82 Å². The van der Waals surface area contributed by atoms with Gasteiger partial charge in [-0.3, -0.25) is 0 Å². The van der Waals surface area contributed by atoms with E-state index in [1.807, 2.05) is 0 Å². The molecule has 3 aromatic rings. The number of hydrogen-bond acceptors (Lipinski definition) is 2. The van der Waals surface area contributed by atoms with Crippen molar-refractivity contribution < 1.29 is 0 Å². The SMILES string of the molecule is Cc1ccc2nc(-c3cccc(CCN)c3)[nH]c2c1. The van der Waals surface area contributed by atoms with Crippen molar-refractivity contribution in [2.75, 3.05) is 6.54 Å². The van der Waals surface area contributed by atoms with E-state index < -0.39 is 0 Å². The Morgan fingerprint density at radius 1 is 1.16 bits per heavy atom. The Labute approximate surface area is 112 Å². The number of nitrogens with one attached hydrogen (secondary N) is 1. The molecule has 19 heavy (non-hydrogen) atoms. The molecule has 1 heterocycles. The summed E-state index contributed by atoms with van der Waals surface area (Å²) in [7, 11) is 0. The number of rotatable bonds is 3. The van der Waals surface area contributed by atoms with E-state index in [1.54, 1.807) is 0 Å². The van der Waals surface area contributed by atoms with Crippen LogP contribution in [0.15, 0.2) is 42.5 Å². The first kappa shape index (κ1) is 11.9. The number of nitrogens with two attached hydrogens (primary N) is 1. The van der Waals surface area contributed by atoms with Crippen LogP contribution in [0.5, 0.6) is 0 Å². The predicted octanol–water partition coefficient (Wildman–Crippen LogP) is 3.04. The molecule has 3 nitrogen and oxygen atoms in total. The topological polar surface area (TPSA) is 54.7 Å². The number of imidazole rings is 1. The zero-order valence-corrected chi connectivity index (χ0v) is 11.0. The molecule has 3 rings (SSSR count). The van der Waals surface area contributed by atoms with Crippen molar-refractivity contribution in [2.24, 2.45) is 5.73 Å². The van der Waals surface area contributed by atoms with Gasteiger partial charge in [-0.15, -0.1) is 0 Å². The first-order valence-electron chi connectivity index (χ1n) is 6.52. The van der Waals surface area contributed by atoms with Crippen LogP contribution in [0.2, 0.25) is 0 Å². The van der Waals surface area contributed by atoms with Gasteiger partial charge >= 0.3 is 0 Å². The molecule has 96 valence electrons. The maximum atomic E-state index is 5.60. The minimum absolute atomic E-state index is 0.669. The van der Waals surface area contributed by atoms with Crippen LogP contribution in [0, 0.1) is 6.92 Å². The summed E-state index contributed by atoms with van der Waals surface area (Å²) in [5.74, 6) is 0.916. The summed E-state index contributed by atoms with van der Waals surface area (Å²) in [5.41, 5.74) is 11.3. The van der Waals surface area contributed by atoms with Gasteiger partial charge in [-0.25, -0.2) is 4.98 Å². The van der Waals surface area contributed by atoms with Crippen molar-refractivity contribution in [3.63, 3.8) is 0 Å². The second-order valence-corrected chi connectivity index (χ2v) is 4.85. The van der Waals surface area contributed by atoms with Crippen LogP contribution in [0.3, 0.4) is 0 Å². The van der Waals surface area contributed by atoms with Gasteiger partial charge in [-0.1, -0.05) is 24.3 Å². The molecule has 0 radical (unpaired) electrons. The highest BCUT2D eigenvalue weighted by molar-refractivity contribution is 5.80. The van der Waals surface area contributed by atoms with Gasteiger partial charge in [-0.05, 0) is 49.2 Å². The Kier molecular flexibility index (Phi) is 3.05. The standard InChI is InChI=1S/C16H17N3/c1-11-5-6-14-15(9-11)19-16(18-14)13-4-2-3-12(10-13)7-8-17/h2-6,9-10H,7-8,17H2,1H3,(H,18,19). The summed E-state index contributed by atoms with van der Waals surface area (Å²) in [6.45, 7) is 2.75. The average molecular weight is 251 g/mol. The minimum atomic E-state index is 0.669. The van der Waals surface area contributed by atoms with Gasteiger partial charge in [0.15, 0.2) is 0 Å². The monoisotopic (exact) mass is 251 g/mol. The van der Waals surface area contributed by atoms with Gasteiger partial charge in [0.25, 0.3) is 0 Å². The third-order valence-corrected chi connectivity index (χ3v) is 3.27. The van der Waals surface area contributed by atoms with Crippen molar-refractivity contribution in [3.05, 3.63) is 53.6 Å². The summed E-state index contributed by atoms with van der Waals surface area (Å²) in [6, 6.07) is 14.6. The highest BCUT2D eigenvalue weighted by Crippen LogP contribution is 2.22. The van der Waals surface area contributed by atoms with E-state index in [4.69, 9.17) is 5.73 Å². The Bertz CT molecular complexity index is 713. The summed E-state index contributed by atoms with van der Waals surface area (Å²) < 4.78 is 0. The number of aromatic nitrogens is 2. The fourth-order valence-electron chi connectivity index (χ4n) is 2.30. The van der Waals surface area contributed by atoms with Crippen LogP contribution in [0.1, 0.15) is 11.1 Å². The second kappa shape index (κ2) is 4.86. The number of hydrogen-bond donors (Lipinski definition) is 2. The van der Waals surface area contributed by atoms with Crippen LogP contribution in [-0.2, 0) is 6.42 Å². The number of fused-ring (bicyclic) bond motifs is 1. The molecule has 0 saturated carbocycles. The Balaban J connectivity index is 2.05. The summed E-state index contributed by atoms with van der Waals surface area (Å²) >= 11 is 0. The molecular weight excluding hydrogens is 234 g/mol. The molecule has 1 aromatic heterocycles. The predicted molar refractivity (Wildman–Crippen MR) is 79.0 cm³/mol. The third kappa shape index (κ3) is 2.37. The van der Waals surface area contributed by atoms with Crippen LogP contribution in [0.4, 0.5) is 0 Å². The number of aromatic amines is 1. The van der Waals surface area contributed by atoms with E-state index in [-0.39, 0.29) is 0 Å². The zero-order chi connectivity index (χ0) is 13.2. The maximum absolute atomic E-state index is 5.60. The molecule has 0 saturated heterocycles. The van der Waals surface area contributed by atoms with Crippen LogP contribution in [-0.4, -0.2) is 16.5 Å². The molecule has 0 unspecified atom stereocenters. The van der Waals surface area contributed by atoms with Crippen molar-refractivity contribution in [1.29, 1.82) is 0 Å². The fourth-order valence-corrected chi connectivity index (χ4v) is 2.30. The van der Waals surface area contributed by atoms with E-state index in [1.165, 1.54) is 11.1 Å². The van der Waals surface area contributed by atoms with Crippen LogP contribution < -0.4 is 5.73 Å². The Morgan fingerprint density at radius 2 is 2.05 bits per heavy atom. The smallest absolute Gasteiger partial charge is 0.138 e. The van der Waals surface area contributed by atoms with Crippen LogP contribution in [0.25, 0.3) is 22.4 Å². The lowest BCUT2D eigenvalue weighted by molar-refractivity contribution is 0.969. The minimum Gasteiger partial charge on any atom is -0.338 e. The quantitative estimate of drug-likeness (QED) is 0.751. The Hall–Kier alpha value is -2.13. The van der Waals surface area contributed by atoms with E-state index in [0.29, 0.717) is 6.54 Å². The summed E-state index contributed by atoms with van der Waals surface area (Å²) in [6.07, 6.45) is 0.896. The van der Waals surface area contributed by atoms with Crippen molar-refractivity contribution in [2.45, 2.75) is 13.3 Å². The molecular formula is C16H17N3. The van der Waals surface area contributed by atoms with Gasteiger partial charge in [0.05, 0.1) is 11.0 Å². The van der Waals surface area contributed by atoms with Gasteiger partial charge in [-0.2, -0.15) is 0 Å². The lowest BCUT2D eigenvalue weighted by atomic mass is 10.1. The van der Waals surface area contributed by atoms with Crippen molar-refractivity contribution >= 4 is 11.0 Å². The van der Waals surface area contributed by atoms with Gasteiger partial charge in [0, 0.05) is 5.56 Å². The molecule has 2 aromatic carbocycles. The maximum Gasteiger partial charge on any atom is 0.138 e. The molecule has 0 aliphatic carbocycles. The Morgan fingerprint density at radius 3 is 2.89 bits per heavy atom. The van der Waals surface area contributed by atoms with E-state index in [2.05, 4.69) is 59.4 Å². The first-order valence-corrected chi connectivity index (χ1v) is 6.52. The van der Waals surface area contributed by atoms with Crippen molar-refractivity contribution in [3.8, 4) is 11.4 Å². The van der Waals surface area contributed by atoms with Gasteiger partial charge < -0.3 is 10.7 Å². The number of H-pyrrole nitrogens is 1.